The first-order valence-corrected chi connectivity index (χ1v) is 8.45. The summed E-state index contributed by atoms with van der Waals surface area (Å²) < 4.78 is 5.15. The second-order valence-corrected chi connectivity index (χ2v) is 6.40. The summed E-state index contributed by atoms with van der Waals surface area (Å²) in [7, 11) is 1.66. The van der Waals surface area contributed by atoms with Gasteiger partial charge in [-0.1, -0.05) is 6.42 Å². The number of piperidine rings is 1. The average molecular weight is 321 g/mol. The number of nitrogens with one attached hydrogen (secondary N) is 2. The molecule has 0 amide bonds. The zero-order chi connectivity index (χ0) is 15.9. The lowest BCUT2D eigenvalue weighted by atomic mass is 10.0. The molecule has 2 atom stereocenters. The number of methoxy groups -OCH3 is 1. The molecule has 0 aromatic heterocycles. The van der Waals surface area contributed by atoms with Crippen molar-refractivity contribution in [1.82, 2.24) is 10.2 Å². The van der Waals surface area contributed by atoms with E-state index < -0.39 is 0 Å². The summed E-state index contributed by atoms with van der Waals surface area (Å²) in [4.78, 5) is 2.58. The van der Waals surface area contributed by atoms with Crippen LogP contribution in [-0.2, 0) is 0 Å². The fourth-order valence-electron chi connectivity index (χ4n) is 2.98. The van der Waals surface area contributed by atoms with Crippen LogP contribution in [-0.4, -0.2) is 42.3 Å². The van der Waals surface area contributed by atoms with E-state index in [0.29, 0.717) is 17.2 Å². The van der Waals surface area contributed by atoms with E-state index in [9.17, 15) is 0 Å². The minimum absolute atomic E-state index is 0.492. The molecule has 122 valence electrons. The lowest BCUT2D eigenvalue weighted by Crippen LogP contribution is -2.48. The third kappa shape index (κ3) is 4.85. The van der Waals surface area contributed by atoms with Crippen LogP contribution < -0.4 is 15.4 Å². The van der Waals surface area contributed by atoms with Crippen molar-refractivity contribution in [2.45, 2.75) is 45.2 Å². The topological polar surface area (TPSA) is 36.5 Å². The number of anilines is 1. The Balaban J connectivity index is 1.76. The van der Waals surface area contributed by atoms with Gasteiger partial charge in [0.15, 0.2) is 5.11 Å². The van der Waals surface area contributed by atoms with E-state index in [1.165, 1.54) is 25.8 Å². The highest BCUT2D eigenvalue weighted by atomic mass is 32.1. The molecule has 4 nitrogen and oxygen atoms in total. The fourth-order valence-corrected chi connectivity index (χ4v) is 3.18. The van der Waals surface area contributed by atoms with Crippen molar-refractivity contribution in [2.24, 2.45) is 0 Å². The molecule has 1 saturated heterocycles. The Labute approximate surface area is 139 Å². The Morgan fingerprint density at radius 3 is 2.73 bits per heavy atom. The maximum atomic E-state index is 5.37. The predicted octanol–water partition coefficient (Wildman–Crippen LogP) is 3.24. The van der Waals surface area contributed by atoms with Crippen LogP contribution in [0.3, 0.4) is 0 Å². The van der Waals surface area contributed by atoms with Crippen LogP contribution in [0.15, 0.2) is 24.3 Å². The molecule has 0 radical (unpaired) electrons. The van der Waals surface area contributed by atoms with E-state index >= 15 is 0 Å². The summed E-state index contributed by atoms with van der Waals surface area (Å²) in [6, 6.07) is 8.93. The zero-order valence-corrected chi connectivity index (χ0v) is 14.6. The molecule has 22 heavy (non-hydrogen) atoms. The van der Waals surface area contributed by atoms with Crippen LogP contribution in [0.4, 0.5) is 5.69 Å². The summed E-state index contributed by atoms with van der Waals surface area (Å²) in [5.74, 6) is 0.845. The number of hydrogen-bond donors (Lipinski definition) is 2. The standard InChI is InChI=1S/C17H27N3OS/c1-13-6-4-5-11-20(13)14(2)12-18-17(22)19-15-7-9-16(21-3)10-8-15/h7-10,13-14H,4-6,11-12H2,1-3H3,(H2,18,19,22). The predicted molar refractivity (Wildman–Crippen MR) is 96.7 cm³/mol. The van der Waals surface area contributed by atoms with Crippen LogP contribution in [0.5, 0.6) is 5.75 Å². The van der Waals surface area contributed by atoms with Gasteiger partial charge in [0.1, 0.15) is 5.75 Å². The van der Waals surface area contributed by atoms with Gasteiger partial charge in [0, 0.05) is 24.3 Å². The van der Waals surface area contributed by atoms with Crippen molar-refractivity contribution in [2.75, 3.05) is 25.5 Å². The van der Waals surface area contributed by atoms with Crippen molar-refractivity contribution in [1.29, 1.82) is 0 Å². The smallest absolute Gasteiger partial charge is 0.170 e. The molecule has 1 aliphatic rings. The van der Waals surface area contributed by atoms with Gasteiger partial charge in [-0.05, 0) is 69.7 Å². The summed E-state index contributed by atoms with van der Waals surface area (Å²) >= 11 is 5.37. The normalized spacial score (nSPS) is 20.2. The molecule has 1 fully saturated rings. The summed E-state index contributed by atoms with van der Waals surface area (Å²) in [6.45, 7) is 6.66. The second kappa shape index (κ2) is 8.34. The van der Waals surface area contributed by atoms with Crippen LogP contribution in [0, 0.1) is 0 Å². The number of rotatable bonds is 5. The van der Waals surface area contributed by atoms with Crippen LogP contribution in [0.2, 0.25) is 0 Å². The number of benzene rings is 1. The van der Waals surface area contributed by atoms with E-state index in [1.807, 2.05) is 24.3 Å². The molecule has 0 aliphatic carbocycles. The van der Waals surface area contributed by atoms with Gasteiger partial charge in [-0.25, -0.2) is 0 Å². The highest BCUT2D eigenvalue weighted by Gasteiger charge is 2.22. The van der Waals surface area contributed by atoms with Crippen molar-refractivity contribution in [3.05, 3.63) is 24.3 Å². The quantitative estimate of drug-likeness (QED) is 0.814. The molecule has 1 aromatic carbocycles. The molecule has 2 rings (SSSR count). The number of nitrogens with zero attached hydrogens (tertiary/aromatic N) is 1. The Hall–Kier alpha value is -1.33. The number of likely N-dealkylation sites (tertiary alicyclic amines) is 1. The molecule has 1 heterocycles. The van der Waals surface area contributed by atoms with E-state index in [0.717, 1.165) is 18.0 Å². The average Bonchev–Trinajstić information content (AvgIpc) is 2.54. The maximum absolute atomic E-state index is 5.37. The maximum Gasteiger partial charge on any atom is 0.170 e. The zero-order valence-electron chi connectivity index (χ0n) is 13.8. The Morgan fingerprint density at radius 1 is 1.36 bits per heavy atom. The van der Waals surface area contributed by atoms with Crippen molar-refractivity contribution in [3.8, 4) is 5.75 Å². The summed E-state index contributed by atoms with van der Waals surface area (Å²) in [5, 5.41) is 7.20. The first-order valence-electron chi connectivity index (χ1n) is 8.05. The van der Waals surface area contributed by atoms with Gasteiger partial charge in [0.05, 0.1) is 7.11 Å². The third-order valence-electron chi connectivity index (χ3n) is 4.33. The van der Waals surface area contributed by atoms with Gasteiger partial charge in [0.25, 0.3) is 0 Å². The van der Waals surface area contributed by atoms with Gasteiger partial charge in [-0.2, -0.15) is 0 Å². The molecule has 2 unspecified atom stereocenters. The van der Waals surface area contributed by atoms with Gasteiger partial charge in [-0.15, -0.1) is 0 Å². The third-order valence-corrected chi connectivity index (χ3v) is 4.57. The molecule has 0 spiro atoms. The Morgan fingerprint density at radius 2 is 2.09 bits per heavy atom. The van der Waals surface area contributed by atoms with Gasteiger partial charge < -0.3 is 15.4 Å². The van der Waals surface area contributed by atoms with Crippen molar-refractivity contribution < 1.29 is 4.74 Å². The molecule has 1 aromatic rings. The molecule has 0 saturated carbocycles. The summed E-state index contributed by atoms with van der Waals surface area (Å²) in [5.41, 5.74) is 0.970. The molecular formula is C17H27N3OS. The number of thiocarbonyl (C=S) groups is 1. The minimum atomic E-state index is 0.492. The van der Waals surface area contributed by atoms with Crippen molar-refractivity contribution >= 4 is 23.0 Å². The highest BCUT2D eigenvalue weighted by molar-refractivity contribution is 7.80. The fraction of sp³-hybridized carbons (Fsp3) is 0.588. The molecule has 2 N–H and O–H groups in total. The van der Waals surface area contributed by atoms with E-state index in [4.69, 9.17) is 17.0 Å². The molecule has 5 heteroatoms. The molecule has 1 aliphatic heterocycles. The van der Waals surface area contributed by atoms with E-state index in [2.05, 4.69) is 29.4 Å². The van der Waals surface area contributed by atoms with Crippen LogP contribution in [0.25, 0.3) is 0 Å². The Bertz CT molecular complexity index is 477. The monoisotopic (exact) mass is 321 g/mol. The molecular weight excluding hydrogens is 294 g/mol. The lowest BCUT2D eigenvalue weighted by molar-refractivity contribution is 0.116. The van der Waals surface area contributed by atoms with Gasteiger partial charge in [0.2, 0.25) is 0 Å². The van der Waals surface area contributed by atoms with Crippen molar-refractivity contribution in [3.63, 3.8) is 0 Å². The molecule has 0 bridgehead atoms. The largest absolute Gasteiger partial charge is 0.497 e. The minimum Gasteiger partial charge on any atom is -0.497 e. The highest BCUT2D eigenvalue weighted by Crippen LogP contribution is 2.19. The SMILES string of the molecule is COc1ccc(NC(=S)NCC(C)N2CCCCC2C)cc1. The van der Waals surface area contributed by atoms with Gasteiger partial charge >= 0.3 is 0 Å². The Kier molecular flexibility index (Phi) is 6.46. The van der Waals surface area contributed by atoms with Crippen LogP contribution in [0.1, 0.15) is 33.1 Å². The number of ether oxygens (including phenoxy) is 1. The first kappa shape index (κ1) is 17.0. The number of hydrogen-bond acceptors (Lipinski definition) is 3. The summed E-state index contributed by atoms with van der Waals surface area (Å²) in [6.07, 6.45) is 3.97. The van der Waals surface area contributed by atoms with E-state index in [1.54, 1.807) is 7.11 Å². The lowest BCUT2D eigenvalue weighted by Gasteiger charge is -2.38. The second-order valence-electron chi connectivity index (χ2n) is 6.00. The van der Waals surface area contributed by atoms with Gasteiger partial charge in [-0.3, -0.25) is 4.90 Å². The first-order chi connectivity index (χ1) is 10.6. The van der Waals surface area contributed by atoms with E-state index in [-0.39, 0.29) is 0 Å². The van der Waals surface area contributed by atoms with Crippen LogP contribution >= 0.6 is 12.2 Å².